The molecule has 0 aromatic carbocycles. The van der Waals surface area contributed by atoms with Crippen LogP contribution in [0.4, 0.5) is 17.6 Å². The van der Waals surface area contributed by atoms with Gasteiger partial charge in [-0.05, 0) is 23.2 Å². The van der Waals surface area contributed by atoms with Gasteiger partial charge in [-0.25, -0.2) is 8.78 Å². The van der Waals surface area contributed by atoms with E-state index in [-0.39, 0.29) is 0 Å². The van der Waals surface area contributed by atoms with Gasteiger partial charge in [-0.15, -0.1) is 0 Å². The van der Waals surface area contributed by atoms with Gasteiger partial charge in [-0.3, -0.25) is 0 Å². The van der Waals surface area contributed by atoms with Crippen LogP contribution in [-0.4, -0.2) is 13.2 Å². The molecule has 0 N–H and O–H groups in total. The summed E-state index contributed by atoms with van der Waals surface area (Å²) in [5, 5.41) is -3.17. The molecule has 0 atom stereocenters. The normalized spacial score (nSPS) is 15.2. The van der Waals surface area contributed by atoms with E-state index in [9.17, 15) is 17.6 Å². The molecule has 0 aromatic rings. The standard InChI is InChI=1S/C6H4Cl2F4O/c7-5(11)3(9)1-13-2-4(10)6(8)12/h1-2H2. The van der Waals surface area contributed by atoms with Gasteiger partial charge < -0.3 is 4.74 Å². The van der Waals surface area contributed by atoms with Gasteiger partial charge in [-0.1, -0.05) is 0 Å². The van der Waals surface area contributed by atoms with E-state index in [0.29, 0.717) is 0 Å². The van der Waals surface area contributed by atoms with Crippen molar-refractivity contribution < 1.29 is 22.3 Å². The number of hydrogen-bond donors (Lipinski definition) is 0. The Balaban J connectivity index is 3.83. The van der Waals surface area contributed by atoms with Crippen molar-refractivity contribution in [3.8, 4) is 0 Å². The molecule has 0 fully saturated rings. The number of hydrogen-bond acceptors (Lipinski definition) is 1. The molecule has 0 amide bonds. The molecule has 0 heterocycles. The highest BCUT2D eigenvalue weighted by Gasteiger charge is 2.06. The van der Waals surface area contributed by atoms with Gasteiger partial charge in [0.2, 0.25) is 10.6 Å². The van der Waals surface area contributed by atoms with E-state index in [2.05, 4.69) is 27.9 Å². The van der Waals surface area contributed by atoms with Crippen LogP contribution in [0.2, 0.25) is 0 Å². The SMILES string of the molecule is FC(Cl)=C(F)COCC(F)=C(F)Cl. The molecule has 76 valence electrons. The quantitative estimate of drug-likeness (QED) is 0.679. The molecule has 7 heteroatoms. The van der Waals surface area contributed by atoms with E-state index < -0.39 is 35.4 Å². The molecule has 0 aliphatic carbocycles. The third-order valence-electron chi connectivity index (χ3n) is 0.868. The van der Waals surface area contributed by atoms with Gasteiger partial charge in [0.05, 0.1) is 0 Å². The minimum Gasteiger partial charge on any atom is -0.367 e. The van der Waals surface area contributed by atoms with Gasteiger partial charge in [0, 0.05) is 0 Å². The maximum Gasteiger partial charge on any atom is 0.223 e. The zero-order valence-electron chi connectivity index (χ0n) is 6.09. The fourth-order valence-corrected chi connectivity index (χ4v) is 0.448. The van der Waals surface area contributed by atoms with Gasteiger partial charge in [0.1, 0.15) is 13.2 Å². The number of rotatable bonds is 4. The van der Waals surface area contributed by atoms with Crippen molar-refractivity contribution in [1.29, 1.82) is 0 Å². The second kappa shape index (κ2) is 6.23. The van der Waals surface area contributed by atoms with Crippen LogP contribution >= 0.6 is 23.2 Å². The second-order valence-electron chi connectivity index (χ2n) is 1.82. The van der Waals surface area contributed by atoms with E-state index in [4.69, 9.17) is 0 Å². The lowest BCUT2D eigenvalue weighted by Gasteiger charge is -1.99. The van der Waals surface area contributed by atoms with Crippen LogP contribution in [0.1, 0.15) is 0 Å². The van der Waals surface area contributed by atoms with Crippen LogP contribution < -0.4 is 0 Å². The van der Waals surface area contributed by atoms with E-state index in [0.717, 1.165) is 0 Å². The molecule has 13 heavy (non-hydrogen) atoms. The monoisotopic (exact) mass is 238 g/mol. The smallest absolute Gasteiger partial charge is 0.223 e. The Kier molecular flexibility index (Phi) is 6.11. The summed E-state index contributed by atoms with van der Waals surface area (Å²) in [6, 6.07) is 0. The predicted molar refractivity (Wildman–Crippen MR) is 41.0 cm³/mol. The largest absolute Gasteiger partial charge is 0.367 e. The number of halogens is 6. The fraction of sp³-hybridized carbons (Fsp3) is 0.333. The van der Waals surface area contributed by atoms with Crippen molar-refractivity contribution in [1.82, 2.24) is 0 Å². The number of ether oxygens (including phenoxy) is 1. The summed E-state index contributed by atoms with van der Waals surface area (Å²) in [5.41, 5.74) is 0. The zero-order valence-corrected chi connectivity index (χ0v) is 7.60. The summed E-state index contributed by atoms with van der Waals surface area (Å²) in [6.45, 7) is -1.76. The molecule has 1 nitrogen and oxygen atoms in total. The summed E-state index contributed by atoms with van der Waals surface area (Å²) < 4.78 is 52.0. The Bertz CT molecular complexity index is 207. The van der Waals surface area contributed by atoms with Crippen LogP contribution in [0, 0.1) is 0 Å². The molecule has 0 unspecified atom stereocenters. The zero-order chi connectivity index (χ0) is 10.4. The first-order valence-electron chi connectivity index (χ1n) is 2.92. The Hall–Kier alpha value is -0.260. The van der Waals surface area contributed by atoms with Gasteiger partial charge >= 0.3 is 0 Å². The van der Waals surface area contributed by atoms with Crippen molar-refractivity contribution in [2.45, 2.75) is 0 Å². The van der Waals surface area contributed by atoms with E-state index >= 15 is 0 Å². The highest BCUT2D eigenvalue weighted by Crippen LogP contribution is 2.15. The summed E-state index contributed by atoms with van der Waals surface area (Å²) in [7, 11) is 0. The van der Waals surface area contributed by atoms with E-state index in [1.54, 1.807) is 0 Å². The molecule has 0 radical (unpaired) electrons. The highest BCUT2D eigenvalue weighted by atomic mass is 35.5. The summed E-state index contributed by atoms with van der Waals surface area (Å²) in [5.74, 6) is -2.80. The Labute approximate surface area is 81.6 Å². The van der Waals surface area contributed by atoms with Crippen LogP contribution in [0.25, 0.3) is 0 Å². The minimum atomic E-state index is -1.59. The Morgan fingerprint density at radius 1 is 0.846 bits per heavy atom. The summed E-state index contributed by atoms with van der Waals surface area (Å²) in [4.78, 5) is 0. The van der Waals surface area contributed by atoms with Crippen LogP contribution in [0.3, 0.4) is 0 Å². The van der Waals surface area contributed by atoms with Crippen LogP contribution in [0.5, 0.6) is 0 Å². The minimum absolute atomic E-state index is 0.882. The predicted octanol–water partition coefficient (Wildman–Crippen LogP) is 3.70. The highest BCUT2D eigenvalue weighted by molar-refractivity contribution is 6.28. The molecule has 0 spiro atoms. The van der Waals surface area contributed by atoms with Crippen LogP contribution in [-0.2, 0) is 4.74 Å². The first-order valence-corrected chi connectivity index (χ1v) is 3.67. The van der Waals surface area contributed by atoms with E-state index in [1.807, 2.05) is 0 Å². The van der Waals surface area contributed by atoms with E-state index in [1.165, 1.54) is 0 Å². The summed E-state index contributed by atoms with van der Waals surface area (Å²) in [6.07, 6.45) is 0. The first kappa shape index (κ1) is 12.7. The first-order chi connectivity index (χ1) is 5.95. The lowest BCUT2D eigenvalue weighted by Crippen LogP contribution is -1.98. The van der Waals surface area contributed by atoms with Crippen LogP contribution in [0.15, 0.2) is 22.2 Å². The topological polar surface area (TPSA) is 9.23 Å². The molecular weight excluding hydrogens is 235 g/mol. The molecule has 0 aromatic heterocycles. The molecule has 0 rings (SSSR count). The third-order valence-corrected chi connectivity index (χ3v) is 1.28. The molecule has 0 aliphatic rings. The maximum atomic E-state index is 12.2. The fourth-order valence-electron chi connectivity index (χ4n) is 0.339. The second-order valence-corrected chi connectivity index (χ2v) is 2.49. The Morgan fingerprint density at radius 3 is 1.38 bits per heavy atom. The lowest BCUT2D eigenvalue weighted by atomic mass is 10.6. The van der Waals surface area contributed by atoms with Gasteiger partial charge in [0.15, 0.2) is 11.7 Å². The maximum absolute atomic E-state index is 12.2. The lowest BCUT2D eigenvalue weighted by molar-refractivity contribution is 0.147. The van der Waals surface area contributed by atoms with Crippen molar-refractivity contribution in [3.63, 3.8) is 0 Å². The molecule has 0 bridgehead atoms. The molecule has 0 aliphatic heterocycles. The molecule has 0 saturated carbocycles. The average molecular weight is 239 g/mol. The van der Waals surface area contributed by atoms with Crippen molar-refractivity contribution in [2.24, 2.45) is 0 Å². The van der Waals surface area contributed by atoms with Gasteiger partial charge in [0.25, 0.3) is 0 Å². The van der Waals surface area contributed by atoms with Crippen molar-refractivity contribution in [3.05, 3.63) is 22.2 Å². The molecular formula is C6H4Cl2F4O. The summed E-state index contributed by atoms with van der Waals surface area (Å²) >= 11 is 9.12. The Morgan fingerprint density at radius 2 is 1.15 bits per heavy atom. The van der Waals surface area contributed by atoms with Crippen molar-refractivity contribution >= 4 is 23.2 Å². The molecule has 0 saturated heterocycles. The van der Waals surface area contributed by atoms with Crippen molar-refractivity contribution in [2.75, 3.05) is 13.2 Å². The third kappa shape index (κ3) is 5.90. The van der Waals surface area contributed by atoms with Gasteiger partial charge in [-0.2, -0.15) is 8.78 Å². The average Bonchev–Trinajstić information content (AvgIpc) is 2.03.